The zero-order valence-corrected chi connectivity index (χ0v) is 21.5. The number of carboxylic acid groups (broad SMARTS) is 1. The highest BCUT2D eigenvalue weighted by atomic mass is 16.6. The van der Waals surface area contributed by atoms with Crippen molar-refractivity contribution in [2.45, 2.75) is 26.4 Å². The first-order valence-electron chi connectivity index (χ1n) is 12.5. The molecule has 38 heavy (non-hydrogen) atoms. The summed E-state index contributed by atoms with van der Waals surface area (Å²) in [5.41, 5.74) is 6.03. The predicted molar refractivity (Wildman–Crippen MR) is 149 cm³/mol. The zero-order valence-electron chi connectivity index (χ0n) is 21.5. The maximum Gasteiger partial charge on any atom is 0.345 e. The van der Waals surface area contributed by atoms with Gasteiger partial charge in [0.25, 0.3) is 0 Å². The van der Waals surface area contributed by atoms with Crippen LogP contribution >= 0.6 is 0 Å². The number of rotatable bonds is 12. The van der Waals surface area contributed by atoms with Crippen LogP contribution in [0.15, 0.2) is 108 Å². The van der Waals surface area contributed by atoms with Crippen molar-refractivity contribution < 1.29 is 24.2 Å². The van der Waals surface area contributed by atoms with Gasteiger partial charge >= 0.3 is 5.97 Å². The van der Waals surface area contributed by atoms with E-state index in [0.717, 1.165) is 28.0 Å². The van der Waals surface area contributed by atoms with Gasteiger partial charge in [-0.2, -0.15) is 0 Å². The minimum Gasteiger partial charge on any atom is -0.490 e. The second-order valence-electron chi connectivity index (χ2n) is 8.91. The number of oxime groups is 1. The molecule has 6 nitrogen and oxygen atoms in total. The van der Waals surface area contributed by atoms with E-state index in [-0.39, 0.29) is 6.42 Å². The first kappa shape index (κ1) is 26.5. The topological polar surface area (TPSA) is 77.3 Å². The first-order chi connectivity index (χ1) is 18.5. The summed E-state index contributed by atoms with van der Waals surface area (Å²) in [5, 5.41) is 13.8. The van der Waals surface area contributed by atoms with Gasteiger partial charge in [0.15, 0.2) is 12.7 Å². The third-order valence-corrected chi connectivity index (χ3v) is 5.97. The highest BCUT2D eigenvalue weighted by Crippen LogP contribution is 2.20. The second kappa shape index (κ2) is 13.1. The first-order valence-corrected chi connectivity index (χ1v) is 12.5. The molecular weight excluding hydrogens is 478 g/mol. The van der Waals surface area contributed by atoms with E-state index in [1.165, 1.54) is 5.56 Å². The van der Waals surface area contributed by atoms with Gasteiger partial charge in [0.1, 0.15) is 18.1 Å². The number of hydrogen-bond donors (Lipinski definition) is 1. The highest BCUT2D eigenvalue weighted by Gasteiger charge is 2.20. The quantitative estimate of drug-likeness (QED) is 0.133. The van der Waals surface area contributed by atoms with Gasteiger partial charge in [-0.25, -0.2) is 4.79 Å². The predicted octanol–water partition coefficient (Wildman–Crippen LogP) is 6.56. The van der Waals surface area contributed by atoms with Gasteiger partial charge in [0.05, 0.1) is 5.71 Å². The summed E-state index contributed by atoms with van der Waals surface area (Å²) in [6.45, 7) is 4.50. The van der Waals surface area contributed by atoms with E-state index in [1.807, 2.05) is 80.6 Å². The van der Waals surface area contributed by atoms with Crippen molar-refractivity contribution in [2.24, 2.45) is 5.16 Å². The van der Waals surface area contributed by atoms with Crippen LogP contribution in [0.1, 0.15) is 23.6 Å². The minimum atomic E-state index is -1.01. The fraction of sp³-hybridized carbons (Fsp3) is 0.188. The minimum absolute atomic E-state index is 0.243. The molecule has 0 aliphatic carbocycles. The Morgan fingerprint density at radius 3 is 2.08 bits per heavy atom. The molecule has 0 amide bonds. The van der Waals surface area contributed by atoms with Crippen molar-refractivity contribution in [3.63, 3.8) is 0 Å². The second-order valence-corrected chi connectivity index (χ2v) is 8.91. The average molecular weight is 510 g/mol. The highest BCUT2D eigenvalue weighted by molar-refractivity contribution is 5.98. The Morgan fingerprint density at radius 2 is 1.42 bits per heavy atom. The molecule has 0 aliphatic rings. The third-order valence-electron chi connectivity index (χ3n) is 5.97. The summed E-state index contributed by atoms with van der Waals surface area (Å²) in [6, 6.07) is 33.1. The number of carboxylic acids is 1. The van der Waals surface area contributed by atoms with Crippen molar-refractivity contribution in [1.29, 1.82) is 0 Å². The zero-order chi connectivity index (χ0) is 26.7. The molecule has 4 rings (SSSR count). The molecule has 0 aromatic heterocycles. The van der Waals surface area contributed by atoms with Gasteiger partial charge in [-0.05, 0) is 60.4 Å². The molecule has 4 aromatic carbocycles. The van der Waals surface area contributed by atoms with Crippen molar-refractivity contribution >= 4 is 11.7 Å². The van der Waals surface area contributed by atoms with Gasteiger partial charge < -0.3 is 19.4 Å². The Hall–Kier alpha value is -4.58. The van der Waals surface area contributed by atoms with Crippen molar-refractivity contribution in [3.8, 4) is 22.6 Å². The number of aliphatic carboxylic acids is 1. The van der Waals surface area contributed by atoms with Crippen LogP contribution in [0.25, 0.3) is 11.1 Å². The van der Waals surface area contributed by atoms with Crippen molar-refractivity contribution in [1.82, 2.24) is 0 Å². The van der Waals surface area contributed by atoms with Gasteiger partial charge in [-0.3, -0.25) is 0 Å². The number of aryl methyl sites for hydroxylation is 1. The number of benzene rings is 4. The molecule has 0 saturated heterocycles. The van der Waals surface area contributed by atoms with Gasteiger partial charge in [-0.15, -0.1) is 0 Å². The van der Waals surface area contributed by atoms with Crippen LogP contribution in [-0.4, -0.2) is 36.1 Å². The van der Waals surface area contributed by atoms with E-state index in [0.29, 0.717) is 24.7 Å². The number of nitrogens with zero attached hydrogens (tertiary/aromatic N) is 1. The van der Waals surface area contributed by atoms with Crippen LogP contribution in [0, 0.1) is 6.92 Å². The Morgan fingerprint density at radius 1 is 0.789 bits per heavy atom. The molecule has 0 spiro atoms. The van der Waals surface area contributed by atoms with Gasteiger partial charge in [0, 0.05) is 6.42 Å². The van der Waals surface area contributed by atoms with E-state index in [9.17, 15) is 9.90 Å². The van der Waals surface area contributed by atoms with E-state index < -0.39 is 12.1 Å². The lowest BCUT2D eigenvalue weighted by Gasteiger charge is -2.15. The lowest BCUT2D eigenvalue weighted by atomic mass is 10.0. The molecule has 0 saturated carbocycles. The Labute approximate surface area is 223 Å². The van der Waals surface area contributed by atoms with Crippen LogP contribution in [-0.2, 0) is 16.1 Å². The Kier molecular flexibility index (Phi) is 9.13. The largest absolute Gasteiger partial charge is 0.490 e. The standard InChI is InChI=1S/C32H31NO5/c1-23-8-16-30(17-9-23)38-31(32(34)35)22-25-10-18-29(19-11-25)36-20-21-37-33-24(2)26-12-14-28(15-13-26)27-6-4-3-5-7-27/h3-19,31H,20-22H2,1-2H3,(H,34,35). The third kappa shape index (κ3) is 7.71. The summed E-state index contributed by atoms with van der Waals surface area (Å²) < 4.78 is 11.4. The monoisotopic (exact) mass is 509 g/mol. The number of carbonyl (C=O) groups is 1. The molecule has 0 bridgehead atoms. The molecule has 4 aromatic rings. The van der Waals surface area contributed by atoms with Crippen LogP contribution in [0.3, 0.4) is 0 Å². The molecule has 194 valence electrons. The lowest BCUT2D eigenvalue weighted by molar-refractivity contribution is -0.145. The fourth-order valence-electron chi connectivity index (χ4n) is 3.82. The molecule has 1 atom stereocenters. The Balaban J connectivity index is 1.21. The van der Waals surface area contributed by atoms with Crippen LogP contribution < -0.4 is 9.47 Å². The summed E-state index contributed by atoms with van der Waals surface area (Å²) in [4.78, 5) is 17.1. The van der Waals surface area contributed by atoms with E-state index in [4.69, 9.17) is 14.3 Å². The molecule has 0 heterocycles. The normalized spacial score (nSPS) is 12.0. The molecule has 1 unspecified atom stereocenters. The summed E-state index contributed by atoms with van der Waals surface area (Å²) in [7, 11) is 0. The van der Waals surface area contributed by atoms with Crippen molar-refractivity contribution in [2.75, 3.05) is 13.2 Å². The van der Waals surface area contributed by atoms with Crippen LogP contribution in [0.4, 0.5) is 0 Å². The number of ether oxygens (including phenoxy) is 2. The summed E-state index contributed by atoms with van der Waals surface area (Å²) in [5.74, 6) is 0.192. The van der Waals surface area contributed by atoms with Crippen LogP contribution in [0.2, 0.25) is 0 Å². The molecule has 1 N–H and O–H groups in total. The lowest BCUT2D eigenvalue weighted by Crippen LogP contribution is -2.29. The maximum atomic E-state index is 11.7. The molecule has 6 heteroatoms. The maximum absolute atomic E-state index is 11.7. The SMILES string of the molecule is CC(=NOCCOc1ccc(CC(Oc2ccc(C)cc2)C(=O)O)cc1)c1ccc(-c2ccccc2)cc1. The molecule has 0 aliphatic heterocycles. The molecule has 0 radical (unpaired) electrons. The van der Waals surface area contributed by atoms with Gasteiger partial charge in [-0.1, -0.05) is 89.6 Å². The Bertz CT molecular complexity index is 1330. The molecular formula is C32H31NO5. The van der Waals surface area contributed by atoms with E-state index >= 15 is 0 Å². The van der Waals surface area contributed by atoms with Crippen LogP contribution in [0.5, 0.6) is 11.5 Å². The van der Waals surface area contributed by atoms with E-state index in [2.05, 4.69) is 29.4 Å². The summed E-state index contributed by atoms with van der Waals surface area (Å²) >= 11 is 0. The smallest absolute Gasteiger partial charge is 0.345 e. The molecule has 0 fully saturated rings. The van der Waals surface area contributed by atoms with Crippen molar-refractivity contribution in [3.05, 3.63) is 120 Å². The summed E-state index contributed by atoms with van der Waals surface area (Å²) in [6.07, 6.45) is -0.735. The fourth-order valence-corrected chi connectivity index (χ4v) is 3.82. The average Bonchev–Trinajstić information content (AvgIpc) is 2.95. The van der Waals surface area contributed by atoms with E-state index in [1.54, 1.807) is 12.1 Å². The number of hydrogen-bond acceptors (Lipinski definition) is 5. The van der Waals surface area contributed by atoms with Gasteiger partial charge in [0.2, 0.25) is 0 Å².